The number of halogens is 1. The van der Waals surface area contributed by atoms with Crippen molar-refractivity contribution in [2.45, 2.75) is 25.6 Å². The molecule has 1 amide bonds. The average Bonchev–Trinajstić information content (AvgIpc) is 3.43. The molecule has 31 heavy (non-hydrogen) atoms. The van der Waals surface area contributed by atoms with E-state index < -0.39 is 0 Å². The van der Waals surface area contributed by atoms with E-state index in [1.54, 1.807) is 10.9 Å². The molecule has 0 fully saturated rings. The lowest BCUT2D eigenvalue weighted by Crippen LogP contribution is -2.29. The van der Waals surface area contributed by atoms with Gasteiger partial charge in [-0.25, -0.2) is 0 Å². The fourth-order valence-electron chi connectivity index (χ4n) is 4.29. The van der Waals surface area contributed by atoms with Crippen LogP contribution >= 0.6 is 11.6 Å². The number of nitrogens with one attached hydrogen (secondary N) is 2. The Hall–Kier alpha value is -3.23. The molecule has 2 N–H and O–H groups in total. The zero-order valence-electron chi connectivity index (χ0n) is 17.3. The van der Waals surface area contributed by atoms with Crippen LogP contribution in [0.1, 0.15) is 38.8 Å². The molecular weight excluding hydrogens is 414 g/mol. The molecular formula is C22H22ClN7O. The standard InChI is InChI=1S/C22H22ClN7O/c1-24-10-13-3-5-15-16(7-13)22(31)30(20(15)9-21-17(23)11-25-29(21)2)12-14-4-6-18-19(8-14)27-28-26-18/h3-8,11,20,24H,9-10,12H2,1-2H3,(H,26,27,28). The van der Waals surface area contributed by atoms with Crippen molar-refractivity contribution >= 4 is 28.5 Å². The second kappa shape index (κ2) is 7.79. The number of amides is 1. The summed E-state index contributed by atoms with van der Waals surface area (Å²) >= 11 is 6.40. The van der Waals surface area contributed by atoms with Crippen LogP contribution in [0, 0.1) is 0 Å². The number of carbonyl (C=O) groups excluding carboxylic acids is 1. The monoisotopic (exact) mass is 435 g/mol. The van der Waals surface area contributed by atoms with Gasteiger partial charge < -0.3 is 10.2 Å². The topological polar surface area (TPSA) is 91.7 Å². The van der Waals surface area contributed by atoms with E-state index in [0.717, 1.165) is 39.0 Å². The molecule has 2 aromatic heterocycles. The highest BCUT2D eigenvalue weighted by atomic mass is 35.5. The predicted octanol–water partition coefficient (Wildman–Crippen LogP) is 3.00. The van der Waals surface area contributed by atoms with Crippen LogP contribution in [-0.4, -0.2) is 43.0 Å². The number of benzene rings is 2. The maximum absolute atomic E-state index is 13.5. The van der Waals surface area contributed by atoms with E-state index in [2.05, 4.69) is 38.0 Å². The van der Waals surface area contributed by atoms with Crippen molar-refractivity contribution in [3.63, 3.8) is 0 Å². The maximum Gasteiger partial charge on any atom is 0.255 e. The van der Waals surface area contributed by atoms with Crippen LogP contribution in [-0.2, 0) is 26.6 Å². The summed E-state index contributed by atoms with van der Waals surface area (Å²) in [6.07, 6.45) is 2.24. The van der Waals surface area contributed by atoms with Crippen LogP contribution in [0.25, 0.3) is 11.0 Å². The maximum atomic E-state index is 13.5. The Morgan fingerprint density at radius 1 is 1.19 bits per heavy atom. The Labute approximate surface area is 184 Å². The van der Waals surface area contributed by atoms with Gasteiger partial charge >= 0.3 is 0 Å². The van der Waals surface area contributed by atoms with Gasteiger partial charge in [0.2, 0.25) is 0 Å². The summed E-state index contributed by atoms with van der Waals surface area (Å²) in [6, 6.07) is 11.9. The molecule has 1 atom stereocenters. The van der Waals surface area contributed by atoms with Crippen molar-refractivity contribution in [3.05, 3.63) is 75.6 Å². The molecule has 3 heterocycles. The molecule has 1 aliphatic rings. The van der Waals surface area contributed by atoms with Crippen LogP contribution in [0.2, 0.25) is 5.02 Å². The lowest BCUT2D eigenvalue weighted by atomic mass is 9.98. The van der Waals surface area contributed by atoms with Crippen molar-refractivity contribution in [3.8, 4) is 0 Å². The van der Waals surface area contributed by atoms with E-state index in [9.17, 15) is 4.79 Å². The Bertz CT molecular complexity index is 1260. The molecule has 0 saturated carbocycles. The third-order valence-electron chi connectivity index (χ3n) is 5.87. The highest BCUT2D eigenvalue weighted by molar-refractivity contribution is 6.31. The Morgan fingerprint density at radius 3 is 2.81 bits per heavy atom. The van der Waals surface area contributed by atoms with Crippen molar-refractivity contribution in [1.29, 1.82) is 0 Å². The van der Waals surface area contributed by atoms with Crippen LogP contribution in [0.4, 0.5) is 0 Å². The number of carbonyl (C=O) groups is 1. The molecule has 1 aliphatic heterocycles. The molecule has 8 nitrogen and oxygen atoms in total. The molecule has 2 aromatic carbocycles. The number of aromatic nitrogens is 5. The quantitative estimate of drug-likeness (QED) is 0.485. The summed E-state index contributed by atoms with van der Waals surface area (Å²) in [5.74, 6) is 0.0245. The molecule has 5 rings (SSSR count). The Kier molecular flexibility index (Phi) is 4.95. The average molecular weight is 436 g/mol. The molecule has 0 aliphatic carbocycles. The van der Waals surface area contributed by atoms with Gasteiger partial charge in [-0.2, -0.15) is 5.10 Å². The number of aromatic amines is 1. The molecule has 9 heteroatoms. The molecule has 0 saturated heterocycles. The van der Waals surface area contributed by atoms with Crippen LogP contribution in [0.15, 0.2) is 42.6 Å². The summed E-state index contributed by atoms with van der Waals surface area (Å²) in [4.78, 5) is 15.4. The second-order valence-electron chi connectivity index (χ2n) is 7.83. The van der Waals surface area contributed by atoms with Crippen LogP contribution in [0.5, 0.6) is 0 Å². The third kappa shape index (κ3) is 3.47. The van der Waals surface area contributed by atoms with Gasteiger partial charge in [0.05, 0.1) is 28.5 Å². The minimum atomic E-state index is -0.132. The smallest absolute Gasteiger partial charge is 0.255 e. The van der Waals surface area contributed by atoms with Crippen molar-refractivity contribution in [2.24, 2.45) is 7.05 Å². The molecule has 0 radical (unpaired) electrons. The summed E-state index contributed by atoms with van der Waals surface area (Å²) < 4.78 is 1.78. The van der Waals surface area contributed by atoms with Crippen LogP contribution in [0.3, 0.4) is 0 Å². The lowest BCUT2D eigenvalue weighted by Gasteiger charge is -2.26. The number of hydrogen-bond donors (Lipinski definition) is 2. The molecule has 0 bridgehead atoms. The van der Waals surface area contributed by atoms with Crippen molar-refractivity contribution in [1.82, 2.24) is 35.4 Å². The van der Waals surface area contributed by atoms with E-state index in [4.69, 9.17) is 11.6 Å². The number of H-pyrrole nitrogens is 1. The number of fused-ring (bicyclic) bond motifs is 2. The van der Waals surface area contributed by atoms with E-state index >= 15 is 0 Å². The van der Waals surface area contributed by atoms with Gasteiger partial charge in [0.25, 0.3) is 5.91 Å². The first-order chi connectivity index (χ1) is 15.0. The van der Waals surface area contributed by atoms with Crippen LogP contribution < -0.4 is 5.32 Å². The van der Waals surface area contributed by atoms with Gasteiger partial charge in [-0.1, -0.05) is 35.0 Å². The SMILES string of the molecule is CNCc1ccc2c(c1)C(=O)N(Cc1ccc3[nH]nnc3c1)C2Cc1c(Cl)cnn1C. The molecule has 4 aromatic rings. The van der Waals surface area contributed by atoms with Gasteiger partial charge in [-0.05, 0) is 41.9 Å². The number of hydrogen-bond acceptors (Lipinski definition) is 5. The van der Waals surface area contributed by atoms with E-state index in [0.29, 0.717) is 24.5 Å². The Balaban J connectivity index is 1.54. The van der Waals surface area contributed by atoms with Gasteiger partial charge in [0, 0.05) is 32.1 Å². The highest BCUT2D eigenvalue weighted by Gasteiger charge is 2.37. The zero-order valence-corrected chi connectivity index (χ0v) is 18.0. The summed E-state index contributed by atoms with van der Waals surface area (Å²) in [5.41, 5.74) is 6.41. The van der Waals surface area contributed by atoms with E-state index in [-0.39, 0.29) is 11.9 Å². The fraction of sp³-hybridized carbons (Fsp3) is 0.273. The highest BCUT2D eigenvalue weighted by Crippen LogP contribution is 2.38. The van der Waals surface area contributed by atoms with Gasteiger partial charge in [0.15, 0.2) is 0 Å². The molecule has 158 valence electrons. The van der Waals surface area contributed by atoms with Gasteiger partial charge in [0.1, 0.15) is 5.52 Å². The first kappa shape index (κ1) is 19.7. The number of aryl methyl sites for hydroxylation is 1. The summed E-state index contributed by atoms with van der Waals surface area (Å²) in [6.45, 7) is 1.18. The minimum absolute atomic E-state index is 0.0245. The first-order valence-corrected chi connectivity index (χ1v) is 10.5. The van der Waals surface area contributed by atoms with E-state index in [1.807, 2.05) is 43.3 Å². The fourth-order valence-corrected chi connectivity index (χ4v) is 4.53. The number of nitrogens with zero attached hydrogens (tertiary/aromatic N) is 5. The normalized spacial score (nSPS) is 15.8. The van der Waals surface area contributed by atoms with E-state index in [1.165, 1.54) is 0 Å². The molecule has 0 spiro atoms. The van der Waals surface area contributed by atoms with Gasteiger partial charge in [-0.15, -0.1) is 5.10 Å². The molecule has 1 unspecified atom stereocenters. The van der Waals surface area contributed by atoms with Gasteiger partial charge in [-0.3, -0.25) is 14.6 Å². The lowest BCUT2D eigenvalue weighted by molar-refractivity contribution is 0.0708. The Morgan fingerprint density at radius 2 is 2.03 bits per heavy atom. The third-order valence-corrected chi connectivity index (χ3v) is 6.18. The first-order valence-electron chi connectivity index (χ1n) is 10.1. The minimum Gasteiger partial charge on any atom is -0.327 e. The second-order valence-corrected chi connectivity index (χ2v) is 8.24. The number of rotatable bonds is 6. The van der Waals surface area contributed by atoms with Crippen molar-refractivity contribution in [2.75, 3.05) is 7.05 Å². The van der Waals surface area contributed by atoms with Crippen molar-refractivity contribution < 1.29 is 4.79 Å². The summed E-state index contributed by atoms with van der Waals surface area (Å²) in [5, 5.41) is 18.8. The summed E-state index contributed by atoms with van der Waals surface area (Å²) in [7, 11) is 3.77. The zero-order chi connectivity index (χ0) is 21.5. The largest absolute Gasteiger partial charge is 0.327 e. The predicted molar refractivity (Wildman–Crippen MR) is 118 cm³/mol.